The molecular weight excluding hydrogens is 344 g/mol. The molecule has 0 aromatic heterocycles. The van der Waals surface area contributed by atoms with E-state index in [9.17, 15) is 17.6 Å². The van der Waals surface area contributed by atoms with Crippen molar-refractivity contribution in [1.29, 1.82) is 0 Å². The summed E-state index contributed by atoms with van der Waals surface area (Å²) in [7, 11) is 0. The van der Waals surface area contributed by atoms with Gasteiger partial charge in [-0.3, -0.25) is 4.90 Å². The number of nitrogens with zero attached hydrogens (tertiary/aromatic N) is 1. The molecule has 0 radical (unpaired) electrons. The topological polar surface area (TPSA) is 15.3 Å². The summed E-state index contributed by atoms with van der Waals surface area (Å²) in [6.45, 7) is 3.13. The van der Waals surface area contributed by atoms with Gasteiger partial charge in [-0.15, -0.1) is 12.4 Å². The minimum Gasteiger partial charge on any atom is -0.314 e. The lowest BCUT2D eigenvalue weighted by molar-refractivity contribution is -0.137. The van der Waals surface area contributed by atoms with Crippen LogP contribution >= 0.6 is 12.4 Å². The molecule has 3 rings (SSSR count). The normalized spacial score (nSPS) is 20.0. The van der Waals surface area contributed by atoms with Crippen molar-refractivity contribution >= 4 is 12.4 Å². The highest BCUT2D eigenvalue weighted by Gasteiger charge is 2.31. The van der Waals surface area contributed by atoms with Crippen molar-refractivity contribution in [3.05, 3.63) is 35.1 Å². The largest absolute Gasteiger partial charge is 0.416 e. The summed E-state index contributed by atoms with van der Waals surface area (Å²) in [5.41, 5.74) is -0.518. The predicted molar refractivity (Wildman–Crippen MR) is 87.7 cm³/mol. The molecule has 7 heteroatoms. The molecule has 1 aliphatic heterocycles. The van der Waals surface area contributed by atoms with Gasteiger partial charge in [-0.1, -0.05) is 0 Å². The molecule has 1 N–H and O–H groups in total. The van der Waals surface area contributed by atoms with Gasteiger partial charge in [-0.05, 0) is 75.0 Å². The molecule has 0 spiro atoms. The number of nitrogens with one attached hydrogen (secondary N) is 1. The number of benzene rings is 1. The van der Waals surface area contributed by atoms with Crippen LogP contribution in [0.2, 0.25) is 0 Å². The van der Waals surface area contributed by atoms with E-state index in [4.69, 9.17) is 0 Å². The van der Waals surface area contributed by atoms with E-state index in [1.54, 1.807) is 0 Å². The van der Waals surface area contributed by atoms with Crippen LogP contribution in [0.25, 0.3) is 0 Å². The Morgan fingerprint density at radius 2 is 1.71 bits per heavy atom. The van der Waals surface area contributed by atoms with Crippen molar-refractivity contribution in [2.45, 2.75) is 44.4 Å². The summed E-state index contributed by atoms with van der Waals surface area (Å²) in [4.78, 5) is 2.10. The second-order valence-electron chi connectivity index (χ2n) is 6.75. The van der Waals surface area contributed by atoms with Crippen LogP contribution in [0.5, 0.6) is 0 Å². The maximum Gasteiger partial charge on any atom is 0.416 e. The maximum absolute atomic E-state index is 13.4. The van der Waals surface area contributed by atoms with E-state index in [1.807, 2.05) is 0 Å². The van der Waals surface area contributed by atoms with E-state index in [1.165, 1.54) is 18.9 Å². The zero-order valence-corrected chi connectivity index (χ0v) is 14.2. The first-order valence-electron chi connectivity index (χ1n) is 8.22. The molecule has 2 aliphatic rings. The van der Waals surface area contributed by atoms with Gasteiger partial charge in [0.05, 0.1) is 5.56 Å². The number of hydrogen-bond donors (Lipinski definition) is 1. The maximum atomic E-state index is 13.4. The summed E-state index contributed by atoms with van der Waals surface area (Å²) in [5, 5.41) is 3.57. The number of hydrogen-bond acceptors (Lipinski definition) is 2. The van der Waals surface area contributed by atoms with E-state index in [0.717, 1.165) is 44.5 Å². The fourth-order valence-electron chi connectivity index (χ4n) is 3.11. The second kappa shape index (κ2) is 8.02. The van der Waals surface area contributed by atoms with Gasteiger partial charge in [0, 0.05) is 12.6 Å². The summed E-state index contributed by atoms with van der Waals surface area (Å²) in [6.07, 6.45) is 0.138. The van der Waals surface area contributed by atoms with Gasteiger partial charge in [-0.2, -0.15) is 13.2 Å². The Bertz CT molecular complexity index is 538. The SMILES string of the molecule is Cl.Fc1cc(CN2CCC(NCC3CC3)CC2)cc(C(F)(F)F)c1. The monoisotopic (exact) mass is 366 g/mol. The van der Waals surface area contributed by atoms with Gasteiger partial charge < -0.3 is 5.32 Å². The average molecular weight is 367 g/mol. The zero-order valence-electron chi connectivity index (χ0n) is 13.4. The molecule has 1 heterocycles. The molecule has 2 nitrogen and oxygen atoms in total. The van der Waals surface area contributed by atoms with Gasteiger partial charge in [0.15, 0.2) is 0 Å². The van der Waals surface area contributed by atoms with Gasteiger partial charge in [0.2, 0.25) is 0 Å². The molecular formula is C17H23ClF4N2. The van der Waals surface area contributed by atoms with Gasteiger partial charge in [0.25, 0.3) is 0 Å². The summed E-state index contributed by atoms with van der Waals surface area (Å²) < 4.78 is 51.7. The van der Waals surface area contributed by atoms with Crippen molar-refractivity contribution in [3.63, 3.8) is 0 Å². The first-order valence-corrected chi connectivity index (χ1v) is 8.22. The summed E-state index contributed by atoms with van der Waals surface area (Å²) in [6, 6.07) is 3.31. The Kier molecular flexibility index (Phi) is 6.51. The van der Waals surface area contributed by atoms with Crippen LogP contribution in [0.15, 0.2) is 18.2 Å². The van der Waals surface area contributed by atoms with Crippen molar-refractivity contribution in [1.82, 2.24) is 10.2 Å². The quantitative estimate of drug-likeness (QED) is 0.784. The van der Waals surface area contributed by atoms with Gasteiger partial charge in [0.1, 0.15) is 5.82 Å². The summed E-state index contributed by atoms with van der Waals surface area (Å²) >= 11 is 0. The zero-order chi connectivity index (χ0) is 16.4. The average Bonchev–Trinajstić information content (AvgIpc) is 3.29. The van der Waals surface area contributed by atoms with Crippen molar-refractivity contribution < 1.29 is 17.6 Å². The molecule has 2 fully saturated rings. The third-order valence-corrected chi connectivity index (χ3v) is 4.67. The van der Waals surface area contributed by atoms with E-state index in [-0.39, 0.29) is 12.4 Å². The van der Waals surface area contributed by atoms with Crippen LogP contribution in [0.3, 0.4) is 0 Å². The van der Waals surface area contributed by atoms with Crippen LogP contribution in [-0.2, 0) is 12.7 Å². The molecule has 1 aromatic carbocycles. The van der Waals surface area contributed by atoms with Crippen LogP contribution in [0.1, 0.15) is 36.8 Å². The van der Waals surface area contributed by atoms with Crippen LogP contribution in [0, 0.1) is 11.7 Å². The fraction of sp³-hybridized carbons (Fsp3) is 0.647. The van der Waals surface area contributed by atoms with E-state index < -0.39 is 17.6 Å². The number of rotatable bonds is 5. The van der Waals surface area contributed by atoms with Crippen LogP contribution in [-0.4, -0.2) is 30.6 Å². The molecule has 1 saturated heterocycles. The van der Waals surface area contributed by atoms with Gasteiger partial charge in [-0.25, -0.2) is 4.39 Å². The van der Waals surface area contributed by atoms with E-state index >= 15 is 0 Å². The molecule has 0 atom stereocenters. The molecule has 24 heavy (non-hydrogen) atoms. The first kappa shape index (κ1) is 19.5. The minimum absolute atomic E-state index is 0. The Hall–Kier alpha value is -0.850. The second-order valence-corrected chi connectivity index (χ2v) is 6.75. The molecule has 1 aliphatic carbocycles. The Morgan fingerprint density at radius 3 is 2.29 bits per heavy atom. The predicted octanol–water partition coefficient (Wildman–Crippen LogP) is 4.23. The lowest BCUT2D eigenvalue weighted by atomic mass is 10.0. The molecule has 136 valence electrons. The van der Waals surface area contributed by atoms with E-state index in [2.05, 4.69) is 10.2 Å². The third-order valence-electron chi connectivity index (χ3n) is 4.67. The highest BCUT2D eigenvalue weighted by atomic mass is 35.5. The fourth-order valence-corrected chi connectivity index (χ4v) is 3.11. The highest BCUT2D eigenvalue weighted by molar-refractivity contribution is 5.85. The van der Waals surface area contributed by atoms with Crippen molar-refractivity contribution in [2.24, 2.45) is 5.92 Å². The Labute approximate surface area is 146 Å². The lowest BCUT2D eigenvalue weighted by Gasteiger charge is -2.32. The molecule has 0 amide bonds. The molecule has 0 unspecified atom stereocenters. The highest BCUT2D eigenvalue weighted by Crippen LogP contribution is 2.31. The van der Waals surface area contributed by atoms with Gasteiger partial charge >= 0.3 is 6.18 Å². The number of likely N-dealkylation sites (tertiary alicyclic amines) is 1. The third kappa shape index (κ3) is 5.60. The molecule has 0 bridgehead atoms. The number of alkyl halides is 3. The smallest absolute Gasteiger partial charge is 0.314 e. The Morgan fingerprint density at radius 1 is 1.04 bits per heavy atom. The van der Waals surface area contributed by atoms with Crippen molar-refractivity contribution in [2.75, 3.05) is 19.6 Å². The number of halogens is 5. The molecule has 1 aromatic rings. The van der Waals surface area contributed by atoms with Crippen LogP contribution < -0.4 is 5.32 Å². The minimum atomic E-state index is -4.50. The van der Waals surface area contributed by atoms with Crippen molar-refractivity contribution in [3.8, 4) is 0 Å². The number of piperidine rings is 1. The standard InChI is InChI=1S/C17H22F4N2.ClH/c18-15-8-13(7-14(9-15)17(19,20)21)11-23-5-3-16(4-6-23)22-10-12-1-2-12;/h7-9,12,16,22H,1-6,10-11H2;1H. The molecule has 1 saturated carbocycles. The first-order chi connectivity index (χ1) is 10.9. The lowest BCUT2D eigenvalue weighted by Crippen LogP contribution is -2.42. The summed E-state index contributed by atoms with van der Waals surface area (Å²) in [5.74, 6) is 0.0249. The van der Waals surface area contributed by atoms with E-state index in [0.29, 0.717) is 24.2 Å². The van der Waals surface area contributed by atoms with Crippen LogP contribution in [0.4, 0.5) is 17.6 Å². The Balaban J connectivity index is 0.00000208.